The topological polar surface area (TPSA) is 82.5 Å². The van der Waals surface area contributed by atoms with Crippen LogP contribution in [-0.2, 0) is 9.59 Å². The monoisotopic (exact) mass is 237 g/mol. The van der Waals surface area contributed by atoms with Crippen molar-refractivity contribution < 1.29 is 14.7 Å². The van der Waals surface area contributed by atoms with Crippen molar-refractivity contribution in [1.29, 1.82) is 0 Å². The minimum atomic E-state index is -0.991. The van der Waals surface area contributed by atoms with Crippen molar-refractivity contribution in [3.05, 3.63) is 18.2 Å². The van der Waals surface area contributed by atoms with Gasteiger partial charge >= 0.3 is 5.97 Å². The number of nitrogens with zero attached hydrogens (tertiary/aromatic N) is 2. The number of hydrogen-bond donors (Lipinski definition) is 2. The first kappa shape index (κ1) is 13.0. The highest BCUT2D eigenvalue weighted by atomic mass is 16.4. The van der Waals surface area contributed by atoms with Gasteiger partial charge in [0.1, 0.15) is 11.6 Å². The Balaban J connectivity index is 2.59. The minimum absolute atomic E-state index is 0.0524. The number of carboxylic acid groups (broad SMARTS) is 1. The van der Waals surface area contributed by atoms with E-state index in [0.29, 0.717) is 5.82 Å². The number of pyridine rings is 1. The second-order valence-electron chi connectivity index (χ2n) is 3.72. The van der Waals surface area contributed by atoms with Crippen LogP contribution in [0, 0.1) is 0 Å². The third-order valence-corrected chi connectivity index (χ3v) is 2.03. The highest BCUT2D eigenvalue weighted by molar-refractivity contribution is 5.91. The number of anilines is 2. The molecule has 92 valence electrons. The summed E-state index contributed by atoms with van der Waals surface area (Å²) in [5.74, 6) is -0.196. The Hall–Kier alpha value is -2.11. The van der Waals surface area contributed by atoms with Crippen LogP contribution in [-0.4, -0.2) is 36.1 Å². The van der Waals surface area contributed by atoms with E-state index in [1.165, 1.54) is 0 Å². The van der Waals surface area contributed by atoms with Gasteiger partial charge in [0.05, 0.1) is 6.42 Å². The zero-order chi connectivity index (χ0) is 12.8. The van der Waals surface area contributed by atoms with Gasteiger partial charge in [-0.1, -0.05) is 6.07 Å². The summed E-state index contributed by atoms with van der Waals surface area (Å²) in [5.41, 5.74) is 0. The van der Waals surface area contributed by atoms with Crippen LogP contribution in [0.5, 0.6) is 0 Å². The molecule has 1 heterocycles. The van der Waals surface area contributed by atoms with E-state index in [1.54, 1.807) is 12.1 Å². The maximum Gasteiger partial charge on any atom is 0.303 e. The lowest BCUT2D eigenvalue weighted by molar-refractivity contribution is -0.138. The molecule has 1 amide bonds. The van der Waals surface area contributed by atoms with Gasteiger partial charge in [-0.25, -0.2) is 4.98 Å². The molecule has 0 aromatic carbocycles. The normalized spacial score (nSPS) is 9.76. The molecule has 6 nitrogen and oxygen atoms in total. The average molecular weight is 237 g/mol. The van der Waals surface area contributed by atoms with Crippen LogP contribution in [0.3, 0.4) is 0 Å². The predicted molar refractivity (Wildman–Crippen MR) is 64.1 cm³/mol. The fraction of sp³-hybridized carbons (Fsp3) is 0.364. The molecule has 0 spiro atoms. The highest BCUT2D eigenvalue weighted by Gasteiger charge is 2.07. The van der Waals surface area contributed by atoms with E-state index in [1.807, 2.05) is 25.1 Å². The maximum absolute atomic E-state index is 11.4. The van der Waals surface area contributed by atoms with Crippen molar-refractivity contribution in [2.24, 2.45) is 0 Å². The van der Waals surface area contributed by atoms with Gasteiger partial charge in [-0.15, -0.1) is 0 Å². The molecule has 2 N–H and O–H groups in total. The van der Waals surface area contributed by atoms with Crippen LogP contribution in [0.4, 0.5) is 11.6 Å². The number of carboxylic acids is 1. The smallest absolute Gasteiger partial charge is 0.303 e. The Morgan fingerprint density at radius 3 is 2.65 bits per heavy atom. The first-order chi connectivity index (χ1) is 7.99. The molecule has 0 aliphatic heterocycles. The summed E-state index contributed by atoms with van der Waals surface area (Å²) in [6.07, 6.45) is -0.234. The van der Waals surface area contributed by atoms with Crippen LogP contribution in [0.25, 0.3) is 0 Å². The van der Waals surface area contributed by atoms with Gasteiger partial charge in [-0.3, -0.25) is 9.59 Å². The van der Waals surface area contributed by atoms with E-state index >= 15 is 0 Å². The number of hydrogen-bond acceptors (Lipinski definition) is 4. The largest absolute Gasteiger partial charge is 0.481 e. The van der Waals surface area contributed by atoms with Crippen molar-refractivity contribution in [3.63, 3.8) is 0 Å². The molecule has 0 aliphatic rings. The van der Waals surface area contributed by atoms with E-state index < -0.39 is 5.97 Å². The molecule has 0 bridgehead atoms. The van der Waals surface area contributed by atoms with Crippen LogP contribution in [0.2, 0.25) is 0 Å². The lowest BCUT2D eigenvalue weighted by Crippen LogP contribution is -2.16. The van der Waals surface area contributed by atoms with Gasteiger partial charge in [0, 0.05) is 20.5 Å². The van der Waals surface area contributed by atoms with Crippen LogP contribution in [0.1, 0.15) is 12.8 Å². The third kappa shape index (κ3) is 4.50. The number of nitrogens with one attached hydrogen (secondary N) is 1. The van der Waals surface area contributed by atoms with Gasteiger partial charge in [0.2, 0.25) is 5.91 Å². The van der Waals surface area contributed by atoms with Gasteiger partial charge in [0.15, 0.2) is 0 Å². The lowest BCUT2D eigenvalue weighted by atomic mass is 10.3. The first-order valence-electron chi connectivity index (χ1n) is 5.15. The Labute approximate surface area is 99.3 Å². The summed E-state index contributed by atoms with van der Waals surface area (Å²) in [6, 6.07) is 5.24. The molecule has 0 unspecified atom stereocenters. The van der Waals surface area contributed by atoms with Crippen molar-refractivity contribution in [3.8, 4) is 0 Å². The maximum atomic E-state index is 11.4. The first-order valence-corrected chi connectivity index (χ1v) is 5.15. The summed E-state index contributed by atoms with van der Waals surface area (Å²) in [4.78, 5) is 27.7. The molecule has 6 heteroatoms. The number of aliphatic carboxylic acids is 1. The standard InChI is InChI=1S/C11H15N3O3/c1-14(2)9-5-3-4-8(12-9)13-10(15)6-7-11(16)17/h3-5H,6-7H2,1-2H3,(H,16,17)(H,12,13,15). The summed E-state index contributed by atoms with van der Waals surface area (Å²) >= 11 is 0. The fourth-order valence-electron chi connectivity index (χ4n) is 1.17. The molecule has 0 fully saturated rings. The van der Waals surface area contributed by atoms with E-state index in [2.05, 4.69) is 10.3 Å². The SMILES string of the molecule is CN(C)c1cccc(NC(=O)CCC(=O)O)n1. The Morgan fingerprint density at radius 1 is 1.35 bits per heavy atom. The summed E-state index contributed by atoms with van der Waals surface area (Å²) < 4.78 is 0. The fourth-order valence-corrected chi connectivity index (χ4v) is 1.17. The van der Waals surface area contributed by atoms with Crippen molar-refractivity contribution >= 4 is 23.5 Å². The van der Waals surface area contributed by atoms with Crippen molar-refractivity contribution in [2.45, 2.75) is 12.8 Å². The zero-order valence-corrected chi connectivity index (χ0v) is 9.80. The molecule has 0 atom stereocenters. The van der Waals surface area contributed by atoms with Crippen molar-refractivity contribution in [2.75, 3.05) is 24.3 Å². The molecule has 0 aliphatic carbocycles. The quantitative estimate of drug-likeness (QED) is 0.796. The molecule has 1 aromatic rings. The summed E-state index contributed by atoms with van der Waals surface area (Å²) in [5, 5.41) is 11.0. The second kappa shape index (κ2) is 5.83. The molecule has 17 heavy (non-hydrogen) atoms. The lowest BCUT2D eigenvalue weighted by Gasteiger charge is -2.12. The average Bonchev–Trinajstić information content (AvgIpc) is 2.26. The van der Waals surface area contributed by atoms with Crippen LogP contribution in [0.15, 0.2) is 18.2 Å². The van der Waals surface area contributed by atoms with E-state index in [9.17, 15) is 9.59 Å². The molecule has 0 radical (unpaired) electrons. The Morgan fingerprint density at radius 2 is 2.06 bits per heavy atom. The zero-order valence-electron chi connectivity index (χ0n) is 9.80. The minimum Gasteiger partial charge on any atom is -0.481 e. The number of aromatic nitrogens is 1. The summed E-state index contributed by atoms with van der Waals surface area (Å²) in [6.45, 7) is 0. The van der Waals surface area contributed by atoms with E-state index in [0.717, 1.165) is 5.82 Å². The number of carbonyl (C=O) groups excluding carboxylic acids is 1. The molecule has 1 rings (SSSR count). The van der Waals surface area contributed by atoms with Gasteiger partial charge in [0.25, 0.3) is 0 Å². The number of carbonyl (C=O) groups is 2. The Kier molecular flexibility index (Phi) is 4.45. The van der Waals surface area contributed by atoms with E-state index in [4.69, 9.17) is 5.11 Å². The number of amides is 1. The molecular formula is C11H15N3O3. The molecule has 0 saturated carbocycles. The Bertz CT molecular complexity index is 418. The van der Waals surface area contributed by atoms with Gasteiger partial charge in [-0.2, -0.15) is 0 Å². The summed E-state index contributed by atoms with van der Waals surface area (Å²) in [7, 11) is 3.69. The van der Waals surface area contributed by atoms with Crippen LogP contribution < -0.4 is 10.2 Å². The van der Waals surface area contributed by atoms with Gasteiger partial charge < -0.3 is 15.3 Å². The second-order valence-corrected chi connectivity index (χ2v) is 3.72. The third-order valence-electron chi connectivity index (χ3n) is 2.03. The van der Waals surface area contributed by atoms with E-state index in [-0.39, 0.29) is 18.7 Å². The highest BCUT2D eigenvalue weighted by Crippen LogP contribution is 2.11. The molecule has 1 aromatic heterocycles. The molecular weight excluding hydrogens is 222 g/mol. The van der Waals surface area contributed by atoms with Gasteiger partial charge in [-0.05, 0) is 12.1 Å². The molecule has 0 saturated heterocycles. The van der Waals surface area contributed by atoms with Crippen molar-refractivity contribution in [1.82, 2.24) is 4.98 Å². The number of rotatable bonds is 5. The predicted octanol–water partition coefficient (Wildman–Crippen LogP) is 0.951. The van der Waals surface area contributed by atoms with Crippen LogP contribution >= 0.6 is 0 Å².